The van der Waals surface area contributed by atoms with Crippen LogP contribution in [0.1, 0.15) is 5.01 Å². The summed E-state index contributed by atoms with van der Waals surface area (Å²) in [6.07, 6.45) is 1.33. The van der Waals surface area contributed by atoms with Gasteiger partial charge in [-0.05, 0) is 18.2 Å². The number of hydrogen-bond donors (Lipinski definition) is 1. The maximum absolute atomic E-state index is 12.5. The van der Waals surface area contributed by atoms with Gasteiger partial charge in [-0.3, -0.25) is 0 Å². The van der Waals surface area contributed by atoms with Crippen molar-refractivity contribution in [3.05, 3.63) is 47.6 Å². The molecular weight excluding hydrogens is 294 g/mol. The molecule has 0 spiro atoms. The number of thiazole rings is 1. The molecule has 2 aromatic heterocycles. The number of pyridine rings is 1. The van der Waals surface area contributed by atoms with Gasteiger partial charge in [0, 0.05) is 11.9 Å². The average molecular weight is 305 g/mol. The Balaban J connectivity index is 2.13. The number of aromatic nitrogens is 2. The largest absolute Gasteiger partial charge is 0.325 e. The zero-order chi connectivity index (χ0) is 14.2. The predicted octanol–water partition coefficient (Wildman–Crippen LogP) is 1.98. The van der Waals surface area contributed by atoms with Crippen LogP contribution in [0.2, 0.25) is 0 Å². The van der Waals surface area contributed by atoms with Crippen LogP contribution in [0.25, 0.3) is 10.9 Å². The number of benzene rings is 1. The van der Waals surface area contributed by atoms with Gasteiger partial charge in [0.1, 0.15) is 9.22 Å². The van der Waals surface area contributed by atoms with Crippen LogP contribution in [0.4, 0.5) is 0 Å². The normalized spacial score (nSPS) is 11.8. The first-order chi connectivity index (χ1) is 9.61. The molecule has 3 aromatic rings. The van der Waals surface area contributed by atoms with Gasteiger partial charge in [0.25, 0.3) is 0 Å². The van der Waals surface area contributed by atoms with Gasteiger partial charge in [0.05, 0.1) is 11.7 Å². The van der Waals surface area contributed by atoms with Crippen molar-refractivity contribution in [1.82, 2.24) is 9.97 Å². The Hall–Kier alpha value is -1.83. The van der Waals surface area contributed by atoms with E-state index < -0.39 is 9.84 Å². The van der Waals surface area contributed by atoms with Crippen molar-refractivity contribution in [2.24, 2.45) is 5.73 Å². The lowest BCUT2D eigenvalue weighted by atomic mass is 10.2. The predicted molar refractivity (Wildman–Crippen MR) is 77.2 cm³/mol. The molecule has 7 heteroatoms. The molecule has 0 unspecified atom stereocenters. The molecule has 2 N–H and O–H groups in total. The summed E-state index contributed by atoms with van der Waals surface area (Å²) in [6.45, 7) is 0.228. The fourth-order valence-electron chi connectivity index (χ4n) is 1.81. The molecule has 102 valence electrons. The van der Waals surface area contributed by atoms with E-state index in [4.69, 9.17) is 5.73 Å². The minimum absolute atomic E-state index is 0.0309. The monoisotopic (exact) mass is 305 g/mol. The van der Waals surface area contributed by atoms with Gasteiger partial charge >= 0.3 is 0 Å². The van der Waals surface area contributed by atoms with Crippen molar-refractivity contribution in [3.8, 4) is 0 Å². The Bertz CT molecular complexity index is 872. The topological polar surface area (TPSA) is 85.9 Å². The zero-order valence-corrected chi connectivity index (χ0v) is 12.0. The van der Waals surface area contributed by atoms with E-state index in [0.29, 0.717) is 10.5 Å². The second kappa shape index (κ2) is 4.93. The lowest BCUT2D eigenvalue weighted by molar-refractivity contribution is 0.594. The Morgan fingerprint density at radius 1 is 1.15 bits per heavy atom. The van der Waals surface area contributed by atoms with Crippen molar-refractivity contribution in [1.29, 1.82) is 0 Å². The number of nitrogens with two attached hydrogens (primary N) is 1. The molecule has 0 atom stereocenters. The third kappa shape index (κ3) is 2.20. The Labute approximate surface area is 120 Å². The van der Waals surface area contributed by atoms with Crippen molar-refractivity contribution in [3.63, 3.8) is 0 Å². The highest BCUT2D eigenvalue weighted by molar-refractivity contribution is 7.93. The van der Waals surface area contributed by atoms with E-state index >= 15 is 0 Å². The molecule has 2 heterocycles. The lowest BCUT2D eigenvalue weighted by Gasteiger charge is -2.02. The van der Waals surface area contributed by atoms with Crippen molar-refractivity contribution < 1.29 is 8.42 Å². The van der Waals surface area contributed by atoms with Gasteiger partial charge < -0.3 is 5.73 Å². The summed E-state index contributed by atoms with van der Waals surface area (Å²) in [6, 6.07) is 10.6. The zero-order valence-electron chi connectivity index (χ0n) is 10.4. The minimum atomic E-state index is -3.63. The Morgan fingerprint density at radius 2 is 1.95 bits per heavy atom. The van der Waals surface area contributed by atoms with E-state index in [2.05, 4.69) is 9.97 Å². The first-order valence-electron chi connectivity index (χ1n) is 5.87. The molecule has 0 bridgehead atoms. The standard InChI is InChI=1S/C13H11N3O2S2/c14-7-11-15-8-13(19-11)20(17,18)12-6-5-9-3-1-2-4-10(9)16-12/h1-6,8H,7,14H2. The summed E-state index contributed by atoms with van der Waals surface area (Å²) in [5.41, 5.74) is 6.11. The summed E-state index contributed by atoms with van der Waals surface area (Å²) >= 11 is 1.08. The smallest absolute Gasteiger partial charge is 0.234 e. The van der Waals surface area contributed by atoms with Crippen molar-refractivity contribution in [2.45, 2.75) is 15.8 Å². The summed E-state index contributed by atoms with van der Waals surface area (Å²) < 4.78 is 25.1. The molecule has 5 nitrogen and oxygen atoms in total. The summed E-state index contributed by atoms with van der Waals surface area (Å²) in [5, 5.41) is 1.52. The summed E-state index contributed by atoms with van der Waals surface area (Å²) in [5.74, 6) is 0. The third-order valence-corrected chi connectivity index (χ3v) is 5.96. The maximum Gasteiger partial charge on any atom is 0.234 e. The lowest BCUT2D eigenvalue weighted by Crippen LogP contribution is -2.02. The van der Waals surface area contributed by atoms with Gasteiger partial charge in [-0.15, -0.1) is 11.3 Å². The van der Waals surface area contributed by atoms with E-state index in [1.54, 1.807) is 12.1 Å². The van der Waals surface area contributed by atoms with Gasteiger partial charge in [-0.2, -0.15) is 0 Å². The first kappa shape index (κ1) is 13.2. The highest BCUT2D eigenvalue weighted by atomic mass is 32.2. The quantitative estimate of drug-likeness (QED) is 0.799. The van der Waals surface area contributed by atoms with Gasteiger partial charge in [-0.1, -0.05) is 18.2 Å². The van der Waals surface area contributed by atoms with Crippen molar-refractivity contribution >= 4 is 32.1 Å². The second-order valence-corrected chi connectivity index (χ2v) is 7.36. The highest BCUT2D eigenvalue weighted by Gasteiger charge is 2.22. The molecule has 1 aromatic carbocycles. The van der Waals surface area contributed by atoms with E-state index in [1.165, 1.54) is 12.3 Å². The number of fused-ring (bicyclic) bond motifs is 1. The minimum Gasteiger partial charge on any atom is -0.325 e. The molecule has 0 aliphatic rings. The molecule has 0 saturated carbocycles. The molecule has 0 radical (unpaired) electrons. The number of hydrogen-bond acceptors (Lipinski definition) is 6. The average Bonchev–Trinajstić information content (AvgIpc) is 2.96. The molecule has 0 fully saturated rings. The SMILES string of the molecule is NCc1ncc(S(=O)(=O)c2ccc3ccccc3n2)s1. The highest BCUT2D eigenvalue weighted by Crippen LogP contribution is 2.26. The molecular formula is C13H11N3O2S2. The van der Waals surface area contributed by atoms with Crippen LogP contribution in [0.5, 0.6) is 0 Å². The van der Waals surface area contributed by atoms with Gasteiger partial charge in [0.15, 0.2) is 5.03 Å². The van der Waals surface area contributed by atoms with Crippen LogP contribution < -0.4 is 5.73 Å². The van der Waals surface area contributed by atoms with E-state index in [-0.39, 0.29) is 15.8 Å². The van der Waals surface area contributed by atoms with E-state index in [9.17, 15) is 8.42 Å². The van der Waals surface area contributed by atoms with Gasteiger partial charge in [-0.25, -0.2) is 18.4 Å². The molecule has 0 amide bonds. The first-order valence-corrected chi connectivity index (χ1v) is 8.17. The summed E-state index contributed by atoms with van der Waals surface area (Å²) in [4.78, 5) is 8.19. The van der Waals surface area contributed by atoms with Crippen LogP contribution in [-0.2, 0) is 16.4 Å². The molecule has 3 rings (SSSR count). The number of nitrogens with zero attached hydrogens (tertiary/aromatic N) is 2. The van der Waals surface area contributed by atoms with Crippen molar-refractivity contribution in [2.75, 3.05) is 0 Å². The van der Waals surface area contributed by atoms with Crippen LogP contribution in [0.15, 0.2) is 51.8 Å². The second-order valence-electron chi connectivity index (χ2n) is 4.12. The number of rotatable bonds is 3. The molecule has 0 aliphatic heterocycles. The summed E-state index contributed by atoms with van der Waals surface area (Å²) in [7, 11) is -3.63. The molecule has 0 saturated heterocycles. The molecule has 20 heavy (non-hydrogen) atoms. The van der Waals surface area contributed by atoms with Gasteiger partial charge in [0.2, 0.25) is 9.84 Å². The Kier molecular flexibility index (Phi) is 3.25. The fourth-order valence-corrected chi connectivity index (χ4v) is 4.19. The van der Waals surface area contributed by atoms with E-state index in [1.807, 2.05) is 18.2 Å². The van der Waals surface area contributed by atoms with Crippen LogP contribution in [0.3, 0.4) is 0 Å². The van der Waals surface area contributed by atoms with Crippen LogP contribution in [0, 0.1) is 0 Å². The molecule has 0 aliphatic carbocycles. The van der Waals surface area contributed by atoms with Crippen LogP contribution >= 0.6 is 11.3 Å². The number of sulfone groups is 1. The Morgan fingerprint density at radius 3 is 2.70 bits per heavy atom. The fraction of sp³-hybridized carbons (Fsp3) is 0.0769. The maximum atomic E-state index is 12.5. The van der Waals surface area contributed by atoms with E-state index in [0.717, 1.165) is 16.7 Å². The number of para-hydroxylation sites is 1. The van der Waals surface area contributed by atoms with Crippen LogP contribution in [-0.4, -0.2) is 18.4 Å². The third-order valence-electron chi connectivity index (χ3n) is 2.82.